The number of benzene rings is 1. The van der Waals surface area contributed by atoms with Gasteiger partial charge in [0.25, 0.3) is 0 Å². The minimum Gasteiger partial charge on any atom is -0.473 e. The molecule has 1 saturated carbocycles. The van der Waals surface area contributed by atoms with Crippen LogP contribution in [0, 0.1) is 0 Å². The number of hydrogen-bond acceptors (Lipinski definition) is 8. The zero-order valence-corrected chi connectivity index (χ0v) is 19.9. The summed E-state index contributed by atoms with van der Waals surface area (Å²) in [6.07, 6.45) is 5.35. The molecular weight excluding hydrogens is 470 g/mol. The Morgan fingerprint density at radius 2 is 1.69 bits per heavy atom. The highest BCUT2D eigenvalue weighted by molar-refractivity contribution is 7.90. The number of aromatic nitrogens is 2. The van der Waals surface area contributed by atoms with Gasteiger partial charge in [0.2, 0.25) is 15.9 Å². The first kappa shape index (κ1) is 21.7. The predicted octanol–water partition coefficient (Wildman–Crippen LogP) is 3.10. The summed E-state index contributed by atoms with van der Waals surface area (Å²) >= 11 is 1.48. The van der Waals surface area contributed by atoms with E-state index >= 15 is 0 Å². The van der Waals surface area contributed by atoms with Crippen molar-refractivity contribution in [1.29, 1.82) is 0 Å². The second-order valence-corrected chi connectivity index (χ2v) is 13.4. The largest absolute Gasteiger partial charge is 0.473 e. The van der Waals surface area contributed by atoms with Crippen molar-refractivity contribution < 1.29 is 21.6 Å². The standard InChI is InChI=1S/C21H23N3O5S3/c1-31(25,26)16-4-2-14(3-5-16)18-12-30-20-19(18)22-13-23-21(20)29-15-8-10-24(11-9-15)32(27,28)17-6-7-17/h2-5,12-13,15,17H,6-11H2,1H3. The molecule has 1 aliphatic heterocycles. The number of hydrogen-bond donors (Lipinski definition) is 0. The van der Waals surface area contributed by atoms with Crippen molar-refractivity contribution in [2.75, 3.05) is 19.3 Å². The van der Waals surface area contributed by atoms with Gasteiger partial charge < -0.3 is 4.74 Å². The first-order valence-corrected chi connectivity index (χ1v) is 14.7. The molecule has 0 bridgehead atoms. The quantitative estimate of drug-likeness (QED) is 0.519. The molecule has 8 nitrogen and oxygen atoms in total. The van der Waals surface area contributed by atoms with Crippen LogP contribution in [-0.2, 0) is 19.9 Å². The van der Waals surface area contributed by atoms with E-state index in [1.165, 1.54) is 23.9 Å². The third kappa shape index (κ3) is 4.14. The lowest BCUT2D eigenvalue weighted by atomic mass is 10.1. The first-order valence-electron chi connectivity index (χ1n) is 10.4. The molecule has 5 rings (SSSR count). The Kier molecular flexibility index (Phi) is 5.47. The van der Waals surface area contributed by atoms with E-state index in [2.05, 4.69) is 9.97 Å². The van der Waals surface area contributed by atoms with Crippen LogP contribution in [0.15, 0.2) is 40.9 Å². The SMILES string of the molecule is CS(=O)(=O)c1ccc(-c2csc3c(OC4CCN(S(=O)(=O)C5CC5)CC4)ncnc23)cc1. The van der Waals surface area contributed by atoms with Gasteiger partial charge in [-0.1, -0.05) is 12.1 Å². The van der Waals surface area contributed by atoms with Crippen LogP contribution in [0.25, 0.3) is 21.3 Å². The lowest BCUT2D eigenvalue weighted by molar-refractivity contribution is 0.132. The van der Waals surface area contributed by atoms with E-state index < -0.39 is 19.9 Å². The third-order valence-electron chi connectivity index (χ3n) is 5.90. The molecule has 170 valence electrons. The fraction of sp³-hybridized carbons (Fsp3) is 0.429. The number of piperidine rings is 1. The number of sulfone groups is 1. The molecule has 1 aliphatic carbocycles. The highest BCUT2D eigenvalue weighted by Crippen LogP contribution is 2.38. The topological polar surface area (TPSA) is 107 Å². The van der Waals surface area contributed by atoms with Crippen LogP contribution in [0.1, 0.15) is 25.7 Å². The lowest BCUT2D eigenvalue weighted by Crippen LogP contribution is -2.43. The Morgan fingerprint density at radius 3 is 2.31 bits per heavy atom. The van der Waals surface area contributed by atoms with Gasteiger partial charge in [-0.3, -0.25) is 0 Å². The van der Waals surface area contributed by atoms with E-state index in [9.17, 15) is 16.8 Å². The zero-order valence-electron chi connectivity index (χ0n) is 17.5. The van der Waals surface area contributed by atoms with E-state index in [0.717, 1.165) is 34.2 Å². The smallest absolute Gasteiger partial charge is 0.235 e. The first-order chi connectivity index (χ1) is 15.2. The summed E-state index contributed by atoms with van der Waals surface area (Å²) in [7, 11) is -6.40. The molecule has 0 N–H and O–H groups in total. The number of thiophene rings is 1. The van der Waals surface area contributed by atoms with Gasteiger partial charge in [-0.15, -0.1) is 11.3 Å². The van der Waals surface area contributed by atoms with E-state index in [1.54, 1.807) is 28.6 Å². The predicted molar refractivity (Wildman–Crippen MR) is 123 cm³/mol. The van der Waals surface area contributed by atoms with Crippen LogP contribution in [0.4, 0.5) is 0 Å². The minimum atomic E-state index is -3.25. The number of sulfonamides is 1. The molecule has 0 spiro atoms. The highest BCUT2D eigenvalue weighted by atomic mass is 32.2. The van der Waals surface area contributed by atoms with E-state index in [0.29, 0.717) is 31.8 Å². The van der Waals surface area contributed by atoms with Crippen molar-refractivity contribution >= 4 is 41.4 Å². The maximum atomic E-state index is 12.4. The lowest BCUT2D eigenvalue weighted by Gasteiger charge is -2.31. The number of rotatable bonds is 6. The Morgan fingerprint density at radius 1 is 1.00 bits per heavy atom. The zero-order chi connectivity index (χ0) is 22.5. The van der Waals surface area contributed by atoms with E-state index in [-0.39, 0.29) is 16.2 Å². The molecule has 0 amide bonds. The molecule has 0 unspecified atom stereocenters. The Balaban J connectivity index is 1.34. The maximum Gasteiger partial charge on any atom is 0.235 e. The molecule has 2 aliphatic rings. The fourth-order valence-corrected chi connectivity index (χ4v) is 7.40. The molecule has 1 aromatic carbocycles. The van der Waals surface area contributed by atoms with E-state index in [1.807, 2.05) is 5.38 Å². The third-order valence-corrected chi connectivity index (χ3v) is 10.4. The van der Waals surface area contributed by atoms with Crippen molar-refractivity contribution in [3.8, 4) is 17.0 Å². The summed E-state index contributed by atoms with van der Waals surface area (Å²) in [4.78, 5) is 9.03. The van der Waals surface area contributed by atoms with Crippen LogP contribution in [0.2, 0.25) is 0 Å². The molecule has 1 saturated heterocycles. The molecule has 11 heteroatoms. The molecule has 3 heterocycles. The average molecular weight is 494 g/mol. The van der Waals surface area contributed by atoms with Crippen molar-refractivity contribution in [3.63, 3.8) is 0 Å². The molecule has 32 heavy (non-hydrogen) atoms. The summed E-state index contributed by atoms with van der Waals surface area (Å²) in [6, 6.07) is 6.74. The van der Waals surface area contributed by atoms with Crippen molar-refractivity contribution in [1.82, 2.24) is 14.3 Å². The molecule has 0 atom stereocenters. The van der Waals surface area contributed by atoms with Gasteiger partial charge in [0.1, 0.15) is 17.1 Å². The maximum absolute atomic E-state index is 12.4. The van der Waals surface area contributed by atoms with Crippen molar-refractivity contribution in [2.45, 2.75) is 41.9 Å². The fourth-order valence-electron chi connectivity index (χ4n) is 3.94. The van der Waals surface area contributed by atoms with E-state index in [4.69, 9.17) is 4.74 Å². The normalized spacial score (nSPS) is 18.8. The summed E-state index contributed by atoms with van der Waals surface area (Å²) in [5.41, 5.74) is 2.51. The van der Waals surface area contributed by atoms with Gasteiger partial charge in [0, 0.05) is 30.3 Å². The van der Waals surface area contributed by atoms with Crippen LogP contribution in [-0.4, -0.2) is 61.8 Å². The molecule has 3 aromatic rings. The molecule has 2 aromatic heterocycles. The summed E-state index contributed by atoms with van der Waals surface area (Å²) in [6.45, 7) is 0.945. The molecule has 2 fully saturated rings. The van der Waals surface area contributed by atoms with Crippen molar-refractivity contribution in [3.05, 3.63) is 36.0 Å². The van der Waals surface area contributed by atoms with Gasteiger partial charge in [-0.25, -0.2) is 31.1 Å². The Labute approximate surface area is 191 Å². The monoisotopic (exact) mass is 493 g/mol. The average Bonchev–Trinajstić information content (AvgIpc) is 3.54. The van der Waals surface area contributed by atoms with Crippen LogP contribution in [0.3, 0.4) is 0 Å². The highest BCUT2D eigenvalue weighted by Gasteiger charge is 2.41. The minimum absolute atomic E-state index is 0.0988. The number of nitrogens with zero attached hydrogens (tertiary/aromatic N) is 3. The van der Waals surface area contributed by atoms with Crippen LogP contribution in [0.5, 0.6) is 5.88 Å². The van der Waals surface area contributed by atoms with Crippen LogP contribution < -0.4 is 4.74 Å². The van der Waals surface area contributed by atoms with Gasteiger partial charge in [0.05, 0.1) is 15.7 Å². The Bertz CT molecular complexity index is 1360. The second-order valence-electron chi connectivity index (χ2n) is 8.26. The summed E-state index contributed by atoms with van der Waals surface area (Å²) in [5.74, 6) is 0.502. The molecular formula is C21H23N3O5S3. The Hall–Kier alpha value is -2.08. The van der Waals surface area contributed by atoms with Gasteiger partial charge in [-0.2, -0.15) is 0 Å². The van der Waals surface area contributed by atoms with Gasteiger partial charge in [0.15, 0.2) is 9.84 Å². The van der Waals surface area contributed by atoms with Crippen molar-refractivity contribution in [2.24, 2.45) is 0 Å². The second kappa shape index (κ2) is 8.05. The summed E-state index contributed by atoms with van der Waals surface area (Å²) < 4.78 is 56.9. The number of ether oxygens (including phenoxy) is 1. The number of fused-ring (bicyclic) bond motifs is 1. The van der Waals surface area contributed by atoms with Gasteiger partial charge in [-0.05, 0) is 43.4 Å². The van der Waals surface area contributed by atoms with Gasteiger partial charge >= 0.3 is 0 Å². The molecule has 0 radical (unpaired) electrons. The van der Waals surface area contributed by atoms with Crippen LogP contribution >= 0.6 is 11.3 Å². The summed E-state index contributed by atoms with van der Waals surface area (Å²) in [5, 5.41) is 1.78.